The van der Waals surface area contributed by atoms with Crippen LogP contribution in [0.4, 0.5) is 0 Å². The highest BCUT2D eigenvalue weighted by molar-refractivity contribution is 5.20. The fourth-order valence-electron chi connectivity index (χ4n) is 5.97. The van der Waals surface area contributed by atoms with E-state index in [1.54, 1.807) is 0 Å². The molecule has 4 bridgehead atoms. The van der Waals surface area contributed by atoms with E-state index in [9.17, 15) is 0 Å². The zero-order chi connectivity index (χ0) is 13.6. The maximum Gasteiger partial charge on any atom is 0.0392 e. The molecular weight excluding hydrogens is 244 g/mol. The molecule has 0 amide bonds. The standard InChI is InChI=1S/C18H26N2/c1-2-20-17(16-4-3-5-19-12-16)18-9-13-6-14(10-18)8-15(7-13)11-18/h3-5,12-15,17,20H,2,6-11H2,1H3. The lowest BCUT2D eigenvalue weighted by Crippen LogP contribution is -2.52. The fourth-order valence-corrected chi connectivity index (χ4v) is 5.97. The molecule has 0 aromatic carbocycles. The molecule has 1 aromatic heterocycles. The molecule has 4 saturated carbocycles. The lowest BCUT2D eigenvalue weighted by Gasteiger charge is -2.59. The van der Waals surface area contributed by atoms with Crippen LogP contribution in [0.2, 0.25) is 0 Å². The molecule has 0 spiro atoms. The van der Waals surface area contributed by atoms with Gasteiger partial charge >= 0.3 is 0 Å². The lowest BCUT2D eigenvalue weighted by molar-refractivity contribution is -0.0746. The van der Waals surface area contributed by atoms with Gasteiger partial charge in [0.05, 0.1) is 0 Å². The number of nitrogens with one attached hydrogen (secondary N) is 1. The first-order valence-electron chi connectivity index (χ1n) is 8.42. The normalized spacial score (nSPS) is 40.0. The first-order chi connectivity index (χ1) is 9.79. The first-order valence-corrected chi connectivity index (χ1v) is 8.42. The Bertz CT molecular complexity index is 432. The Morgan fingerprint density at radius 3 is 2.35 bits per heavy atom. The third-order valence-electron chi connectivity index (χ3n) is 6.12. The third kappa shape index (κ3) is 2.00. The van der Waals surface area contributed by atoms with Crippen LogP contribution in [0.15, 0.2) is 24.5 Å². The highest BCUT2D eigenvalue weighted by Gasteiger charge is 2.54. The third-order valence-corrected chi connectivity index (χ3v) is 6.12. The van der Waals surface area contributed by atoms with E-state index in [1.807, 2.05) is 6.20 Å². The Hall–Kier alpha value is -0.890. The van der Waals surface area contributed by atoms with Gasteiger partial charge in [-0.25, -0.2) is 0 Å². The number of rotatable bonds is 4. The van der Waals surface area contributed by atoms with Crippen LogP contribution in [0.3, 0.4) is 0 Å². The number of hydrogen-bond donors (Lipinski definition) is 1. The summed E-state index contributed by atoms with van der Waals surface area (Å²) < 4.78 is 0. The van der Waals surface area contributed by atoms with Gasteiger partial charge in [0.1, 0.15) is 0 Å². The van der Waals surface area contributed by atoms with Crippen LogP contribution in [0.1, 0.15) is 57.1 Å². The van der Waals surface area contributed by atoms with E-state index in [0.717, 1.165) is 24.3 Å². The molecule has 108 valence electrons. The number of hydrogen-bond acceptors (Lipinski definition) is 2. The molecule has 1 aromatic rings. The van der Waals surface area contributed by atoms with Crippen LogP contribution in [0.5, 0.6) is 0 Å². The van der Waals surface area contributed by atoms with Crippen molar-refractivity contribution in [1.29, 1.82) is 0 Å². The summed E-state index contributed by atoms with van der Waals surface area (Å²) in [7, 11) is 0. The van der Waals surface area contributed by atoms with E-state index in [-0.39, 0.29) is 0 Å². The number of aromatic nitrogens is 1. The average Bonchev–Trinajstić information content (AvgIpc) is 2.44. The number of pyridine rings is 1. The van der Waals surface area contributed by atoms with Crippen molar-refractivity contribution in [3.63, 3.8) is 0 Å². The monoisotopic (exact) mass is 270 g/mol. The molecule has 2 nitrogen and oxygen atoms in total. The minimum atomic E-state index is 0.522. The summed E-state index contributed by atoms with van der Waals surface area (Å²) in [6, 6.07) is 4.90. The fraction of sp³-hybridized carbons (Fsp3) is 0.722. The molecule has 0 aliphatic heterocycles. The van der Waals surface area contributed by atoms with Gasteiger partial charge in [-0.15, -0.1) is 0 Å². The number of nitrogens with zero attached hydrogens (tertiary/aromatic N) is 1. The van der Waals surface area contributed by atoms with Crippen molar-refractivity contribution in [3.8, 4) is 0 Å². The van der Waals surface area contributed by atoms with Crippen LogP contribution in [-0.4, -0.2) is 11.5 Å². The molecule has 4 aliphatic rings. The molecule has 0 saturated heterocycles. The smallest absolute Gasteiger partial charge is 0.0392 e. The Kier molecular flexibility index (Phi) is 3.10. The average molecular weight is 270 g/mol. The van der Waals surface area contributed by atoms with Gasteiger partial charge in [0, 0.05) is 18.4 Å². The van der Waals surface area contributed by atoms with Gasteiger partial charge in [-0.2, -0.15) is 0 Å². The van der Waals surface area contributed by atoms with Crippen molar-refractivity contribution in [2.75, 3.05) is 6.54 Å². The molecule has 2 heteroatoms. The molecule has 1 N–H and O–H groups in total. The predicted molar refractivity (Wildman–Crippen MR) is 81.3 cm³/mol. The highest BCUT2D eigenvalue weighted by Crippen LogP contribution is 2.63. The maximum atomic E-state index is 4.38. The summed E-state index contributed by atoms with van der Waals surface area (Å²) in [5.41, 5.74) is 1.93. The predicted octanol–water partition coefficient (Wildman–Crippen LogP) is 3.95. The largest absolute Gasteiger partial charge is 0.310 e. The highest BCUT2D eigenvalue weighted by atomic mass is 14.9. The van der Waals surface area contributed by atoms with Crippen molar-refractivity contribution < 1.29 is 0 Å². The molecular formula is C18H26N2. The van der Waals surface area contributed by atoms with E-state index in [1.165, 1.54) is 44.1 Å². The molecule has 1 unspecified atom stereocenters. The van der Waals surface area contributed by atoms with E-state index >= 15 is 0 Å². The Morgan fingerprint density at radius 2 is 1.85 bits per heavy atom. The molecule has 0 radical (unpaired) electrons. The van der Waals surface area contributed by atoms with E-state index in [0.29, 0.717) is 11.5 Å². The molecule has 20 heavy (non-hydrogen) atoms. The van der Waals surface area contributed by atoms with Crippen LogP contribution >= 0.6 is 0 Å². The van der Waals surface area contributed by atoms with Gasteiger partial charge < -0.3 is 5.32 Å². The minimum absolute atomic E-state index is 0.522. The van der Waals surface area contributed by atoms with E-state index in [2.05, 4.69) is 35.6 Å². The van der Waals surface area contributed by atoms with Crippen molar-refractivity contribution in [3.05, 3.63) is 30.1 Å². The van der Waals surface area contributed by atoms with Crippen molar-refractivity contribution in [2.45, 2.75) is 51.5 Å². The van der Waals surface area contributed by atoms with Gasteiger partial charge in [-0.1, -0.05) is 13.0 Å². The van der Waals surface area contributed by atoms with Crippen molar-refractivity contribution >= 4 is 0 Å². The molecule has 4 fully saturated rings. The van der Waals surface area contributed by atoms with E-state index < -0.39 is 0 Å². The first kappa shape index (κ1) is 12.8. The zero-order valence-corrected chi connectivity index (χ0v) is 12.5. The summed E-state index contributed by atoms with van der Waals surface area (Å²) in [5, 5.41) is 3.82. The van der Waals surface area contributed by atoms with E-state index in [4.69, 9.17) is 0 Å². The van der Waals surface area contributed by atoms with Crippen LogP contribution in [0.25, 0.3) is 0 Å². The van der Waals surface area contributed by atoms with Gasteiger partial charge in [0.25, 0.3) is 0 Å². The lowest BCUT2D eigenvalue weighted by atomic mass is 9.47. The van der Waals surface area contributed by atoms with Gasteiger partial charge in [-0.05, 0) is 79.9 Å². The summed E-state index contributed by atoms with van der Waals surface area (Å²) in [6.45, 7) is 3.30. The van der Waals surface area contributed by atoms with Crippen LogP contribution in [-0.2, 0) is 0 Å². The SMILES string of the molecule is CCNC(c1cccnc1)C12CC3CC(CC(C3)C1)C2. The van der Waals surface area contributed by atoms with Gasteiger partial charge in [-0.3, -0.25) is 4.98 Å². The Morgan fingerprint density at radius 1 is 1.20 bits per heavy atom. The summed E-state index contributed by atoms with van der Waals surface area (Å²) in [6.07, 6.45) is 12.9. The molecule has 4 aliphatic carbocycles. The van der Waals surface area contributed by atoms with Crippen LogP contribution in [0, 0.1) is 23.2 Å². The second-order valence-corrected chi connectivity index (χ2v) is 7.56. The second kappa shape index (κ2) is 4.84. The van der Waals surface area contributed by atoms with Gasteiger partial charge in [0.15, 0.2) is 0 Å². The summed E-state index contributed by atoms with van der Waals surface area (Å²) in [5.74, 6) is 3.04. The van der Waals surface area contributed by atoms with Crippen molar-refractivity contribution in [1.82, 2.24) is 10.3 Å². The topological polar surface area (TPSA) is 24.9 Å². The molecule has 1 heterocycles. The Balaban J connectivity index is 1.69. The minimum Gasteiger partial charge on any atom is -0.310 e. The Labute approximate surface area is 122 Å². The molecule has 5 rings (SSSR count). The summed E-state index contributed by atoms with van der Waals surface area (Å²) in [4.78, 5) is 4.38. The second-order valence-electron chi connectivity index (χ2n) is 7.56. The van der Waals surface area contributed by atoms with Crippen LogP contribution < -0.4 is 5.32 Å². The maximum absolute atomic E-state index is 4.38. The molecule has 1 atom stereocenters. The quantitative estimate of drug-likeness (QED) is 0.896. The zero-order valence-electron chi connectivity index (χ0n) is 12.5. The van der Waals surface area contributed by atoms with Gasteiger partial charge in [0.2, 0.25) is 0 Å². The van der Waals surface area contributed by atoms with Crippen molar-refractivity contribution in [2.24, 2.45) is 23.2 Å². The summed E-state index contributed by atoms with van der Waals surface area (Å²) >= 11 is 0.